The standard InChI is InChI=1S/C19H24Cl2N2O3/c1-3-13(4-2)23-11-14(17(24)19(23)26)18(25)22-9-5-6-12-7-8-15(20)16(21)10-12/h7-8,10,13,24H,3-6,9,11H2,1-2H3,(H,22,25). The van der Waals surface area contributed by atoms with Gasteiger partial charge in [0.1, 0.15) is 0 Å². The van der Waals surface area contributed by atoms with Crippen LogP contribution in [0, 0.1) is 0 Å². The number of rotatable bonds is 8. The number of benzene rings is 1. The van der Waals surface area contributed by atoms with E-state index in [-0.39, 0.29) is 18.2 Å². The predicted octanol–water partition coefficient (Wildman–Crippen LogP) is 3.89. The highest BCUT2D eigenvalue weighted by molar-refractivity contribution is 6.42. The minimum Gasteiger partial charge on any atom is -0.503 e. The van der Waals surface area contributed by atoms with Crippen LogP contribution in [0.4, 0.5) is 0 Å². The molecule has 1 aliphatic heterocycles. The second kappa shape index (κ2) is 9.28. The fourth-order valence-electron chi connectivity index (χ4n) is 3.08. The third-order valence-corrected chi connectivity index (χ3v) is 5.39. The molecule has 142 valence electrons. The molecule has 1 aromatic carbocycles. The van der Waals surface area contributed by atoms with Gasteiger partial charge >= 0.3 is 0 Å². The van der Waals surface area contributed by atoms with E-state index in [0.29, 0.717) is 23.0 Å². The molecule has 26 heavy (non-hydrogen) atoms. The van der Waals surface area contributed by atoms with Crippen LogP contribution in [0.2, 0.25) is 10.0 Å². The second-order valence-corrected chi connectivity index (χ2v) is 7.15. The van der Waals surface area contributed by atoms with Gasteiger partial charge in [-0.25, -0.2) is 0 Å². The average molecular weight is 399 g/mol. The Labute approximate surface area is 164 Å². The molecule has 7 heteroatoms. The number of nitrogens with one attached hydrogen (secondary N) is 1. The minimum absolute atomic E-state index is 0.0320. The summed E-state index contributed by atoms with van der Waals surface area (Å²) in [4.78, 5) is 26.0. The Bertz CT molecular complexity index is 715. The molecule has 0 atom stereocenters. The lowest BCUT2D eigenvalue weighted by Gasteiger charge is -2.25. The first-order chi connectivity index (χ1) is 12.4. The maximum atomic E-state index is 12.3. The molecular weight excluding hydrogens is 375 g/mol. The van der Waals surface area contributed by atoms with Crippen LogP contribution in [0.3, 0.4) is 0 Å². The number of halogens is 2. The molecule has 0 bridgehead atoms. The Morgan fingerprint density at radius 3 is 2.58 bits per heavy atom. The van der Waals surface area contributed by atoms with Gasteiger partial charge in [-0.1, -0.05) is 43.1 Å². The predicted molar refractivity (Wildman–Crippen MR) is 104 cm³/mol. The quantitative estimate of drug-likeness (QED) is 0.652. The zero-order valence-corrected chi connectivity index (χ0v) is 16.5. The smallest absolute Gasteiger partial charge is 0.289 e. The number of aryl methyl sites for hydroxylation is 1. The molecule has 1 aromatic rings. The van der Waals surface area contributed by atoms with Crippen LogP contribution in [0.1, 0.15) is 38.7 Å². The van der Waals surface area contributed by atoms with Gasteiger partial charge in [-0.15, -0.1) is 0 Å². The molecule has 0 unspecified atom stereocenters. The number of hydrogen-bond donors (Lipinski definition) is 2. The van der Waals surface area contributed by atoms with Crippen molar-refractivity contribution in [2.24, 2.45) is 0 Å². The number of carbonyl (C=O) groups is 2. The lowest BCUT2D eigenvalue weighted by Crippen LogP contribution is -2.38. The van der Waals surface area contributed by atoms with Gasteiger partial charge in [0.2, 0.25) is 0 Å². The van der Waals surface area contributed by atoms with Crippen LogP contribution in [-0.4, -0.2) is 41.0 Å². The number of carbonyl (C=O) groups excluding carboxylic acids is 2. The van der Waals surface area contributed by atoms with E-state index in [9.17, 15) is 14.7 Å². The minimum atomic E-state index is -0.459. The number of aliphatic hydroxyl groups is 1. The van der Waals surface area contributed by atoms with Crippen molar-refractivity contribution in [1.29, 1.82) is 0 Å². The van der Waals surface area contributed by atoms with E-state index in [1.165, 1.54) is 0 Å². The van der Waals surface area contributed by atoms with Gasteiger partial charge in [0.25, 0.3) is 11.8 Å². The summed E-state index contributed by atoms with van der Waals surface area (Å²) < 4.78 is 0. The van der Waals surface area contributed by atoms with Gasteiger partial charge in [-0.3, -0.25) is 9.59 Å². The first-order valence-electron chi connectivity index (χ1n) is 8.84. The van der Waals surface area contributed by atoms with Gasteiger partial charge in [0.15, 0.2) is 5.76 Å². The summed E-state index contributed by atoms with van der Waals surface area (Å²) in [7, 11) is 0. The van der Waals surface area contributed by atoms with Crippen molar-refractivity contribution in [3.63, 3.8) is 0 Å². The molecular formula is C19H24Cl2N2O3. The van der Waals surface area contributed by atoms with Crippen LogP contribution in [0.5, 0.6) is 0 Å². The second-order valence-electron chi connectivity index (χ2n) is 6.34. The summed E-state index contributed by atoms with van der Waals surface area (Å²) in [5.74, 6) is -1.28. The summed E-state index contributed by atoms with van der Waals surface area (Å²) in [6.07, 6.45) is 3.02. The summed E-state index contributed by atoms with van der Waals surface area (Å²) in [6, 6.07) is 5.48. The molecule has 1 aliphatic rings. The van der Waals surface area contributed by atoms with Crippen LogP contribution in [0.25, 0.3) is 0 Å². The fourth-order valence-corrected chi connectivity index (χ4v) is 3.40. The first kappa shape index (κ1) is 20.6. The first-order valence-corrected chi connectivity index (χ1v) is 9.59. The van der Waals surface area contributed by atoms with E-state index in [2.05, 4.69) is 5.32 Å². The van der Waals surface area contributed by atoms with Crippen molar-refractivity contribution in [1.82, 2.24) is 10.2 Å². The van der Waals surface area contributed by atoms with Gasteiger partial charge in [0.05, 0.1) is 22.2 Å². The lowest BCUT2D eigenvalue weighted by molar-refractivity contribution is -0.130. The Morgan fingerprint density at radius 2 is 1.96 bits per heavy atom. The highest BCUT2D eigenvalue weighted by Crippen LogP contribution is 2.24. The van der Waals surface area contributed by atoms with E-state index in [0.717, 1.165) is 24.8 Å². The van der Waals surface area contributed by atoms with Crippen molar-refractivity contribution < 1.29 is 14.7 Å². The third-order valence-electron chi connectivity index (χ3n) is 4.65. The fraction of sp³-hybridized carbons (Fsp3) is 0.474. The Hall–Kier alpha value is -1.72. The zero-order chi connectivity index (χ0) is 19.3. The highest BCUT2D eigenvalue weighted by Gasteiger charge is 2.36. The number of nitrogens with zero attached hydrogens (tertiary/aromatic N) is 1. The van der Waals surface area contributed by atoms with Gasteiger partial charge < -0.3 is 15.3 Å². The molecule has 5 nitrogen and oxygen atoms in total. The number of hydrogen-bond acceptors (Lipinski definition) is 3. The van der Waals surface area contributed by atoms with E-state index in [4.69, 9.17) is 23.2 Å². The van der Waals surface area contributed by atoms with Gasteiger partial charge in [0, 0.05) is 12.6 Å². The Kier molecular flexibility index (Phi) is 7.35. The maximum absolute atomic E-state index is 12.3. The summed E-state index contributed by atoms with van der Waals surface area (Å²) in [5, 5.41) is 13.8. The Morgan fingerprint density at radius 1 is 1.27 bits per heavy atom. The van der Waals surface area contributed by atoms with Crippen molar-refractivity contribution in [3.8, 4) is 0 Å². The Balaban J connectivity index is 1.85. The maximum Gasteiger partial charge on any atom is 0.289 e. The SMILES string of the molecule is CCC(CC)N1CC(C(=O)NCCCc2ccc(Cl)c(Cl)c2)=C(O)C1=O. The molecule has 2 rings (SSSR count). The summed E-state index contributed by atoms with van der Waals surface area (Å²) in [5.41, 5.74) is 1.18. The number of amides is 2. The van der Waals surface area contributed by atoms with Crippen LogP contribution < -0.4 is 5.32 Å². The molecule has 0 fully saturated rings. The van der Waals surface area contributed by atoms with Crippen molar-refractivity contribution in [2.45, 2.75) is 45.6 Å². The topological polar surface area (TPSA) is 69.6 Å². The van der Waals surface area contributed by atoms with Crippen molar-refractivity contribution >= 4 is 35.0 Å². The van der Waals surface area contributed by atoms with E-state index in [1.807, 2.05) is 26.0 Å². The summed E-state index contributed by atoms with van der Waals surface area (Å²) >= 11 is 11.9. The molecule has 0 radical (unpaired) electrons. The molecule has 2 N–H and O–H groups in total. The van der Waals surface area contributed by atoms with Crippen LogP contribution in [0.15, 0.2) is 29.5 Å². The molecule has 0 saturated heterocycles. The molecule has 0 spiro atoms. The van der Waals surface area contributed by atoms with Crippen LogP contribution in [-0.2, 0) is 16.0 Å². The normalized spacial score (nSPS) is 14.5. The molecule has 0 saturated carbocycles. The summed E-state index contributed by atoms with van der Waals surface area (Å²) in [6.45, 7) is 4.57. The van der Waals surface area contributed by atoms with Gasteiger partial charge in [-0.2, -0.15) is 0 Å². The molecule has 0 aliphatic carbocycles. The molecule has 0 aromatic heterocycles. The monoisotopic (exact) mass is 398 g/mol. The van der Waals surface area contributed by atoms with E-state index in [1.54, 1.807) is 11.0 Å². The van der Waals surface area contributed by atoms with Crippen molar-refractivity contribution in [2.75, 3.05) is 13.1 Å². The van der Waals surface area contributed by atoms with E-state index >= 15 is 0 Å². The molecule has 1 heterocycles. The zero-order valence-electron chi connectivity index (χ0n) is 15.0. The van der Waals surface area contributed by atoms with Gasteiger partial charge in [-0.05, 0) is 43.4 Å². The van der Waals surface area contributed by atoms with Crippen LogP contribution >= 0.6 is 23.2 Å². The number of aliphatic hydroxyl groups excluding tert-OH is 1. The van der Waals surface area contributed by atoms with Crippen molar-refractivity contribution in [3.05, 3.63) is 45.1 Å². The molecule has 2 amide bonds. The average Bonchev–Trinajstić information content (AvgIpc) is 2.92. The highest BCUT2D eigenvalue weighted by atomic mass is 35.5. The lowest BCUT2D eigenvalue weighted by atomic mass is 10.1. The third kappa shape index (κ3) is 4.71. The largest absolute Gasteiger partial charge is 0.503 e. The van der Waals surface area contributed by atoms with E-state index < -0.39 is 17.6 Å².